The van der Waals surface area contributed by atoms with Crippen molar-refractivity contribution < 1.29 is 18.9 Å². The Balaban J connectivity index is 0.00000182. The fourth-order valence-electron chi connectivity index (χ4n) is 4.21. The summed E-state index contributed by atoms with van der Waals surface area (Å²) < 4.78 is 0. The molecule has 124 valence electrons. The number of hydrogen-bond donors (Lipinski definition) is 0. The van der Waals surface area contributed by atoms with E-state index in [9.17, 15) is 0 Å². The van der Waals surface area contributed by atoms with Crippen LogP contribution in [0.15, 0.2) is 42.5 Å². The van der Waals surface area contributed by atoms with E-state index in [1.54, 1.807) is 11.1 Å². The summed E-state index contributed by atoms with van der Waals surface area (Å²) in [6.45, 7) is 9.06. The Hall–Kier alpha value is -1.35. The van der Waals surface area contributed by atoms with Gasteiger partial charge >= 0.3 is 18.9 Å². The quantitative estimate of drug-likeness (QED) is 0.473. The maximum absolute atomic E-state index is 2.43. The van der Waals surface area contributed by atoms with Crippen molar-refractivity contribution in [1.29, 1.82) is 0 Å². The third kappa shape index (κ3) is 3.35. The van der Waals surface area contributed by atoms with Crippen LogP contribution in [-0.4, -0.2) is 0 Å². The predicted molar refractivity (Wildman–Crippen MR) is 105 cm³/mol. The molecule has 0 heterocycles. The summed E-state index contributed by atoms with van der Waals surface area (Å²) in [6, 6.07) is 16.4. The second-order valence-electron chi connectivity index (χ2n) is 8.45. The van der Waals surface area contributed by atoms with E-state index in [1.165, 1.54) is 58.7 Å². The third-order valence-corrected chi connectivity index (χ3v) is 5.55. The van der Waals surface area contributed by atoms with Gasteiger partial charge in [-0.25, -0.2) is 0 Å². The van der Waals surface area contributed by atoms with Gasteiger partial charge in [0.1, 0.15) is 0 Å². The fraction of sp³-hybridized carbons (Fsp3) is 0.375. The van der Waals surface area contributed by atoms with Gasteiger partial charge in [0.15, 0.2) is 0 Å². The number of aryl methyl sites for hydroxylation is 2. The topological polar surface area (TPSA) is 0 Å². The molecule has 0 N–H and O–H groups in total. The van der Waals surface area contributed by atoms with Crippen LogP contribution in [0.5, 0.6) is 0 Å². The monoisotopic (exact) mass is 322 g/mol. The molecule has 0 fully saturated rings. The van der Waals surface area contributed by atoms with E-state index < -0.39 is 0 Å². The van der Waals surface area contributed by atoms with Crippen molar-refractivity contribution in [1.82, 2.24) is 0 Å². The fourth-order valence-corrected chi connectivity index (χ4v) is 4.21. The molecule has 4 rings (SSSR count). The van der Waals surface area contributed by atoms with Crippen LogP contribution in [0, 0.1) is 6.92 Å². The molecule has 3 aromatic rings. The van der Waals surface area contributed by atoms with Gasteiger partial charge in [0.05, 0.1) is 0 Å². The molecule has 25 heavy (non-hydrogen) atoms. The first-order valence-corrected chi connectivity index (χ1v) is 9.26. The van der Waals surface area contributed by atoms with Crippen molar-refractivity contribution >= 4 is 10.8 Å². The second-order valence-corrected chi connectivity index (χ2v) is 8.45. The first-order chi connectivity index (χ1) is 11.4. The van der Waals surface area contributed by atoms with Crippen molar-refractivity contribution in [2.75, 3.05) is 0 Å². The predicted octanol–water partition coefficient (Wildman–Crippen LogP) is 3.71. The molecule has 0 nitrogen and oxygen atoms in total. The average molecular weight is 322 g/mol. The standard InChI is InChI=1S/C24H27.Li/c1-16-13-18-15-23(17-9-11-19(12-10-17)24(2,3)4)21-8-6-5-7-20(21)22(18)14-16;/h9-15H,5-8H2,1-4H3;/q-1;+1. The van der Waals surface area contributed by atoms with Gasteiger partial charge in [-0.1, -0.05) is 82.9 Å². The molecule has 1 heteroatoms. The molecule has 0 saturated heterocycles. The van der Waals surface area contributed by atoms with E-state index in [-0.39, 0.29) is 24.3 Å². The van der Waals surface area contributed by atoms with Crippen LogP contribution in [0.4, 0.5) is 0 Å². The molecule has 0 atom stereocenters. The minimum Gasteiger partial charge on any atom is -0.165 e. The van der Waals surface area contributed by atoms with Crippen molar-refractivity contribution in [3.8, 4) is 11.1 Å². The molecule has 1 aliphatic carbocycles. The van der Waals surface area contributed by atoms with Gasteiger partial charge in [0.25, 0.3) is 0 Å². The van der Waals surface area contributed by atoms with E-state index >= 15 is 0 Å². The number of fused-ring (bicyclic) bond motifs is 3. The zero-order valence-corrected chi connectivity index (χ0v) is 16.4. The molecule has 1 aliphatic rings. The summed E-state index contributed by atoms with van der Waals surface area (Å²) in [5.41, 5.74) is 9.06. The molecule has 0 aromatic heterocycles. The maximum Gasteiger partial charge on any atom is 1.00 e. The van der Waals surface area contributed by atoms with Crippen molar-refractivity contribution in [3.63, 3.8) is 0 Å². The van der Waals surface area contributed by atoms with Gasteiger partial charge in [-0.05, 0) is 28.5 Å². The SMILES string of the molecule is Cc1cc2cc(-c3ccc(C(C)(C)C)cc3)c3c(c2[cH-]1)CCCC3.[Li+]. The third-order valence-electron chi connectivity index (χ3n) is 5.55. The summed E-state index contributed by atoms with van der Waals surface area (Å²) >= 11 is 0. The molecule has 0 bridgehead atoms. The molecular formula is C24H27Li. The zero-order chi connectivity index (χ0) is 16.9. The first kappa shape index (κ1) is 18.4. The molecule has 0 amide bonds. The van der Waals surface area contributed by atoms with Crippen LogP contribution >= 0.6 is 0 Å². The Morgan fingerprint density at radius 2 is 1.52 bits per heavy atom. The molecule has 3 aromatic carbocycles. The Bertz CT molecular complexity index is 888. The Kier molecular flexibility index (Phi) is 4.98. The van der Waals surface area contributed by atoms with Crippen LogP contribution in [-0.2, 0) is 18.3 Å². The van der Waals surface area contributed by atoms with Gasteiger partial charge in [-0.2, -0.15) is 6.07 Å². The summed E-state index contributed by atoms with van der Waals surface area (Å²) in [5, 5.41) is 2.92. The minimum atomic E-state index is 0. The maximum atomic E-state index is 2.43. The van der Waals surface area contributed by atoms with E-state index in [4.69, 9.17) is 0 Å². The minimum absolute atomic E-state index is 0. The summed E-state index contributed by atoms with van der Waals surface area (Å²) in [6.07, 6.45) is 5.12. The van der Waals surface area contributed by atoms with Gasteiger partial charge in [-0.15, -0.1) is 28.0 Å². The van der Waals surface area contributed by atoms with Crippen molar-refractivity contribution in [3.05, 3.63) is 64.7 Å². The van der Waals surface area contributed by atoms with Crippen LogP contribution in [0.25, 0.3) is 21.9 Å². The Labute approximate surface area is 164 Å². The molecule has 0 spiro atoms. The molecular weight excluding hydrogens is 295 g/mol. The summed E-state index contributed by atoms with van der Waals surface area (Å²) in [4.78, 5) is 0. The number of rotatable bonds is 1. The summed E-state index contributed by atoms with van der Waals surface area (Å²) in [5.74, 6) is 0. The van der Waals surface area contributed by atoms with E-state index in [1.807, 2.05) is 0 Å². The van der Waals surface area contributed by atoms with E-state index in [2.05, 4.69) is 70.2 Å². The molecule has 0 aliphatic heterocycles. The number of benzene rings is 2. The molecule has 0 radical (unpaired) electrons. The van der Waals surface area contributed by atoms with Gasteiger partial charge in [0.2, 0.25) is 0 Å². The van der Waals surface area contributed by atoms with Crippen molar-refractivity contribution in [2.45, 2.75) is 58.8 Å². The van der Waals surface area contributed by atoms with Crippen molar-refractivity contribution in [2.24, 2.45) is 0 Å². The largest absolute Gasteiger partial charge is 1.00 e. The zero-order valence-electron chi connectivity index (χ0n) is 16.4. The Morgan fingerprint density at radius 3 is 2.16 bits per heavy atom. The van der Waals surface area contributed by atoms with Crippen LogP contribution < -0.4 is 18.9 Å². The normalized spacial score (nSPS) is 14.2. The molecule has 0 saturated carbocycles. The second kappa shape index (κ2) is 6.75. The van der Waals surface area contributed by atoms with Gasteiger partial charge < -0.3 is 0 Å². The smallest absolute Gasteiger partial charge is 0.165 e. The number of hydrogen-bond acceptors (Lipinski definition) is 0. The van der Waals surface area contributed by atoms with Gasteiger partial charge in [-0.3, -0.25) is 0 Å². The Morgan fingerprint density at radius 1 is 0.880 bits per heavy atom. The van der Waals surface area contributed by atoms with E-state index in [0.717, 1.165) is 0 Å². The first-order valence-electron chi connectivity index (χ1n) is 9.26. The average Bonchev–Trinajstić information content (AvgIpc) is 2.94. The van der Waals surface area contributed by atoms with E-state index in [0.29, 0.717) is 0 Å². The molecule has 0 unspecified atom stereocenters. The van der Waals surface area contributed by atoms with Gasteiger partial charge in [0, 0.05) is 0 Å². The summed E-state index contributed by atoms with van der Waals surface area (Å²) in [7, 11) is 0. The van der Waals surface area contributed by atoms with Crippen LogP contribution in [0.2, 0.25) is 0 Å². The van der Waals surface area contributed by atoms with Crippen LogP contribution in [0.1, 0.15) is 55.9 Å². The van der Waals surface area contributed by atoms with Crippen LogP contribution in [0.3, 0.4) is 0 Å².